The van der Waals surface area contributed by atoms with Crippen molar-refractivity contribution in [3.8, 4) is 5.75 Å². The highest BCUT2D eigenvalue weighted by atomic mass is 16.3. The third kappa shape index (κ3) is 3.35. The highest BCUT2D eigenvalue weighted by molar-refractivity contribution is 5.96. The summed E-state index contributed by atoms with van der Waals surface area (Å²) in [5, 5.41) is 12.5. The van der Waals surface area contributed by atoms with Gasteiger partial charge >= 0.3 is 0 Å². The maximum atomic E-state index is 11.9. The molecule has 2 aromatic rings. The van der Waals surface area contributed by atoms with Crippen molar-refractivity contribution in [1.29, 1.82) is 0 Å². The standard InChI is InChI=1S/C16H17NO2/c1-11-3-6-13(7-4-11)10-17-16(19)14-8-5-12(2)9-15(14)18/h3-9,18H,10H2,1-2H3,(H,17,19). The molecular weight excluding hydrogens is 238 g/mol. The minimum Gasteiger partial charge on any atom is -0.507 e. The fraction of sp³-hybridized carbons (Fsp3) is 0.188. The summed E-state index contributed by atoms with van der Waals surface area (Å²) in [4.78, 5) is 11.9. The van der Waals surface area contributed by atoms with Crippen LogP contribution >= 0.6 is 0 Å². The highest BCUT2D eigenvalue weighted by Crippen LogP contribution is 2.18. The number of phenols is 1. The van der Waals surface area contributed by atoms with Crippen LogP contribution in [0.5, 0.6) is 5.75 Å². The molecule has 0 bridgehead atoms. The summed E-state index contributed by atoms with van der Waals surface area (Å²) >= 11 is 0. The molecule has 0 aliphatic carbocycles. The summed E-state index contributed by atoms with van der Waals surface area (Å²) in [5.74, 6) is -0.250. The van der Waals surface area contributed by atoms with Crippen molar-refractivity contribution in [2.24, 2.45) is 0 Å². The second kappa shape index (κ2) is 5.57. The number of rotatable bonds is 3. The summed E-state index contributed by atoms with van der Waals surface area (Å²) < 4.78 is 0. The molecule has 3 nitrogen and oxygen atoms in total. The average Bonchev–Trinajstić information content (AvgIpc) is 2.37. The molecule has 0 atom stereocenters. The van der Waals surface area contributed by atoms with Gasteiger partial charge < -0.3 is 10.4 Å². The lowest BCUT2D eigenvalue weighted by molar-refractivity contribution is 0.0948. The number of aryl methyl sites for hydroxylation is 2. The van der Waals surface area contributed by atoms with Crippen molar-refractivity contribution in [3.63, 3.8) is 0 Å². The fourth-order valence-corrected chi connectivity index (χ4v) is 1.82. The van der Waals surface area contributed by atoms with Crippen LogP contribution in [0, 0.1) is 13.8 Å². The monoisotopic (exact) mass is 255 g/mol. The first-order valence-electron chi connectivity index (χ1n) is 6.19. The fourth-order valence-electron chi connectivity index (χ4n) is 1.82. The quantitative estimate of drug-likeness (QED) is 0.886. The van der Waals surface area contributed by atoms with Crippen LogP contribution in [0.2, 0.25) is 0 Å². The van der Waals surface area contributed by atoms with Crippen LogP contribution in [0.3, 0.4) is 0 Å². The summed E-state index contributed by atoms with van der Waals surface area (Å²) in [5.41, 5.74) is 3.45. The predicted molar refractivity (Wildman–Crippen MR) is 75.2 cm³/mol. The number of carbonyl (C=O) groups is 1. The van der Waals surface area contributed by atoms with E-state index in [0.717, 1.165) is 11.1 Å². The molecule has 0 aromatic heterocycles. The molecule has 0 fully saturated rings. The Labute approximate surface area is 112 Å². The Balaban J connectivity index is 2.03. The van der Waals surface area contributed by atoms with Gasteiger partial charge in [0, 0.05) is 6.54 Å². The number of carbonyl (C=O) groups excluding carboxylic acids is 1. The van der Waals surface area contributed by atoms with Gasteiger partial charge in [-0.3, -0.25) is 4.79 Å². The lowest BCUT2D eigenvalue weighted by Gasteiger charge is -2.07. The van der Waals surface area contributed by atoms with Gasteiger partial charge in [0.25, 0.3) is 5.91 Å². The van der Waals surface area contributed by atoms with E-state index in [1.54, 1.807) is 18.2 Å². The van der Waals surface area contributed by atoms with Gasteiger partial charge in [0.1, 0.15) is 5.75 Å². The molecule has 0 aliphatic heterocycles. The third-order valence-electron chi connectivity index (χ3n) is 2.97. The zero-order valence-corrected chi connectivity index (χ0v) is 11.1. The van der Waals surface area contributed by atoms with Crippen LogP contribution in [0.1, 0.15) is 27.0 Å². The van der Waals surface area contributed by atoms with Gasteiger partial charge in [0.2, 0.25) is 0 Å². The molecule has 3 heteroatoms. The number of aromatic hydroxyl groups is 1. The lowest BCUT2D eigenvalue weighted by Crippen LogP contribution is -2.22. The second-order valence-electron chi connectivity index (χ2n) is 4.69. The van der Waals surface area contributed by atoms with Gasteiger partial charge in [0.15, 0.2) is 0 Å². The minimum absolute atomic E-state index is 0.0152. The summed E-state index contributed by atoms with van der Waals surface area (Å²) in [6, 6.07) is 13.0. The SMILES string of the molecule is Cc1ccc(CNC(=O)c2ccc(C)cc2O)cc1. The summed E-state index contributed by atoms with van der Waals surface area (Å²) in [6.07, 6.45) is 0. The summed E-state index contributed by atoms with van der Waals surface area (Å²) in [6.45, 7) is 4.34. The first kappa shape index (κ1) is 13.1. The highest BCUT2D eigenvalue weighted by Gasteiger charge is 2.10. The Bertz CT molecular complexity index is 588. The zero-order valence-electron chi connectivity index (χ0n) is 11.1. The number of benzene rings is 2. The molecule has 1 amide bonds. The Morgan fingerprint density at radius 2 is 1.68 bits per heavy atom. The third-order valence-corrected chi connectivity index (χ3v) is 2.97. The molecule has 19 heavy (non-hydrogen) atoms. The van der Waals surface area contributed by atoms with E-state index < -0.39 is 0 Å². The molecule has 0 heterocycles. The molecule has 2 aromatic carbocycles. The van der Waals surface area contributed by atoms with Crippen molar-refractivity contribution >= 4 is 5.91 Å². The van der Waals surface area contributed by atoms with E-state index in [2.05, 4.69) is 5.32 Å². The molecule has 98 valence electrons. The molecule has 0 unspecified atom stereocenters. The Kier molecular flexibility index (Phi) is 3.85. The number of phenolic OH excluding ortho intramolecular Hbond substituents is 1. The van der Waals surface area contributed by atoms with Crippen LogP contribution in [0.4, 0.5) is 0 Å². The van der Waals surface area contributed by atoms with Gasteiger partial charge in [-0.25, -0.2) is 0 Å². The van der Waals surface area contributed by atoms with Crippen LogP contribution in [-0.4, -0.2) is 11.0 Å². The van der Waals surface area contributed by atoms with E-state index in [0.29, 0.717) is 12.1 Å². The van der Waals surface area contributed by atoms with Gasteiger partial charge in [0.05, 0.1) is 5.56 Å². The maximum absolute atomic E-state index is 11.9. The van der Waals surface area contributed by atoms with Gasteiger partial charge in [-0.2, -0.15) is 0 Å². The lowest BCUT2D eigenvalue weighted by atomic mass is 10.1. The number of nitrogens with one attached hydrogen (secondary N) is 1. The first-order valence-corrected chi connectivity index (χ1v) is 6.19. The largest absolute Gasteiger partial charge is 0.507 e. The van der Waals surface area contributed by atoms with E-state index in [1.807, 2.05) is 38.1 Å². The molecular formula is C16H17NO2. The van der Waals surface area contributed by atoms with Gasteiger partial charge in [-0.15, -0.1) is 0 Å². The predicted octanol–water partition coefficient (Wildman–Crippen LogP) is 2.94. The van der Waals surface area contributed by atoms with E-state index >= 15 is 0 Å². The molecule has 0 saturated carbocycles. The van der Waals surface area contributed by atoms with Crippen molar-refractivity contribution in [2.75, 3.05) is 0 Å². The van der Waals surface area contributed by atoms with E-state index in [-0.39, 0.29) is 11.7 Å². The molecule has 0 spiro atoms. The molecule has 0 radical (unpaired) electrons. The van der Waals surface area contributed by atoms with Gasteiger partial charge in [-0.05, 0) is 37.1 Å². The zero-order chi connectivity index (χ0) is 13.8. The Morgan fingerprint density at radius 1 is 1.05 bits per heavy atom. The normalized spacial score (nSPS) is 10.2. The first-order chi connectivity index (χ1) is 9.06. The molecule has 0 aliphatic rings. The van der Waals surface area contributed by atoms with E-state index in [4.69, 9.17) is 0 Å². The molecule has 0 saturated heterocycles. The molecule has 2 N–H and O–H groups in total. The van der Waals surface area contributed by atoms with Crippen LogP contribution < -0.4 is 5.32 Å². The second-order valence-corrected chi connectivity index (χ2v) is 4.69. The van der Waals surface area contributed by atoms with Crippen LogP contribution in [-0.2, 0) is 6.54 Å². The van der Waals surface area contributed by atoms with Crippen LogP contribution in [0.15, 0.2) is 42.5 Å². The minimum atomic E-state index is -0.266. The Morgan fingerprint density at radius 3 is 2.32 bits per heavy atom. The van der Waals surface area contributed by atoms with Crippen LogP contribution in [0.25, 0.3) is 0 Å². The van der Waals surface area contributed by atoms with Crippen molar-refractivity contribution in [3.05, 3.63) is 64.7 Å². The average molecular weight is 255 g/mol. The van der Waals surface area contributed by atoms with Gasteiger partial charge in [-0.1, -0.05) is 35.9 Å². The molecule has 2 rings (SSSR count). The van der Waals surface area contributed by atoms with E-state index in [1.165, 1.54) is 5.56 Å². The van der Waals surface area contributed by atoms with Crippen molar-refractivity contribution in [1.82, 2.24) is 5.32 Å². The summed E-state index contributed by atoms with van der Waals surface area (Å²) in [7, 11) is 0. The van der Waals surface area contributed by atoms with E-state index in [9.17, 15) is 9.90 Å². The number of hydrogen-bond donors (Lipinski definition) is 2. The van der Waals surface area contributed by atoms with Crippen molar-refractivity contribution in [2.45, 2.75) is 20.4 Å². The van der Waals surface area contributed by atoms with Crippen molar-refractivity contribution < 1.29 is 9.90 Å². The Hall–Kier alpha value is -2.29. The smallest absolute Gasteiger partial charge is 0.255 e. The topological polar surface area (TPSA) is 49.3 Å². The number of hydrogen-bond acceptors (Lipinski definition) is 2. The number of amides is 1. The maximum Gasteiger partial charge on any atom is 0.255 e.